The highest BCUT2D eigenvalue weighted by Crippen LogP contribution is 2.19. The van der Waals surface area contributed by atoms with Crippen molar-refractivity contribution in [2.45, 2.75) is 45.1 Å². The second-order valence-electron chi connectivity index (χ2n) is 3.81. The number of nitrogens with two attached hydrogens (primary N) is 1. The van der Waals surface area contributed by atoms with Crippen molar-refractivity contribution in [1.82, 2.24) is 5.32 Å². The zero-order valence-electron chi connectivity index (χ0n) is 8.88. The molecule has 0 bridgehead atoms. The highest BCUT2D eigenvalue weighted by molar-refractivity contribution is 5.81. The molecule has 1 rings (SSSR count). The van der Waals surface area contributed by atoms with E-state index < -0.39 is 0 Å². The quantitative estimate of drug-likeness (QED) is 0.652. The van der Waals surface area contributed by atoms with Crippen LogP contribution in [0.3, 0.4) is 0 Å². The molecule has 0 aliphatic heterocycles. The van der Waals surface area contributed by atoms with Crippen molar-refractivity contribution in [1.29, 1.82) is 0 Å². The van der Waals surface area contributed by atoms with Crippen LogP contribution < -0.4 is 11.1 Å². The molecule has 0 aromatic heterocycles. The molecule has 1 aliphatic carbocycles. The molecule has 0 aromatic rings. The van der Waals surface area contributed by atoms with Crippen molar-refractivity contribution in [2.75, 3.05) is 6.54 Å². The van der Waals surface area contributed by atoms with E-state index >= 15 is 0 Å². The lowest BCUT2D eigenvalue weighted by Gasteiger charge is -2.09. The minimum Gasteiger partial charge on any atom is -0.354 e. The highest BCUT2D eigenvalue weighted by Gasteiger charge is 2.10. The van der Waals surface area contributed by atoms with Gasteiger partial charge in [-0.25, -0.2) is 0 Å². The third-order valence-electron chi connectivity index (χ3n) is 2.66. The summed E-state index contributed by atoms with van der Waals surface area (Å²) >= 11 is 0. The molecule has 0 fully saturated rings. The highest BCUT2D eigenvalue weighted by atomic mass is 16.2. The summed E-state index contributed by atoms with van der Waals surface area (Å²) in [6, 6.07) is -0.340. The summed E-state index contributed by atoms with van der Waals surface area (Å²) in [6.07, 6.45) is 7.66. The number of carbonyl (C=O) groups excluding carboxylic acids is 1. The molecule has 0 radical (unpaired) electrons. The molecule has 80 valence electrons. The molecule has 3 heteroatoms. The van der Waals surface area contributed by atoms with Crippen molar-refractivity contribution in [3.63, 3.8) is 0 Å². The van der Waals surface area contributed by atoms with Crippen LogP contribution in [0.4, 0.5) is 0 Å². The van der Waals surface area contributed by atoms with Crippen LogP contribution in [0.15, 0.2) is 11.6 Å². The molecule has 0 aromatic carbocycles. The van der Waals surface area contributed by atoms with Crippen LogP contribution in [0.1, 0.15) is 39.0 Å². The molecule has 1 atom stereocenters. The molecule has 0 saturated heterocycles. The van der Waals surface area contributed by atoms with Gasteiger partial charge in [0.05, 0.1) is 6.04 Å². The lowest BCUT2D eigenvalue weighted by molar-refractivity contribution is -0.122. The second-order valence-corrected chi connectivity index (χ2v) is 3.81. The van der Waals surface area contributed by atoms with E-state index in [0.29, 0.717) is 6.42 Å². The number of rotatable bonds is 5. The Bertz CT molecular complexity index is 223. The van der Waals surface area contributed by atoms with Gasteiger partial charge in [0.2, 0.25) is 5.91 Å². The fourth-order valence-corrected chi connectivity index (χ4v) is 1.63. The summed E-state index contributed by atoms with van der Waals surface area (Å²) in [7, 11) is 0. The fraction of sp³-hybridized carbons (Fsp3) is 0.727. The monoisotopic (exact) mass is 196 g/mol. The summed E-state index contributed by atoms with van der Waals surface area (Å²) < 4.78 is 0. The number of carbonyl (C=O) groups is 1. The van der Waals surface area contributed by atoms with E-state index in [1.54, 1.807) is 0 Å². The van der Waals surface area contributed by atoms with Gasteiger partial charge in [-0.2, -0.15) is 0 Å². The molecule has 1 aliphatic rings. The predicted octanol–water partition coefficient (Wildman–Crippen LogP) is 1.34. The van der Waals surface area contributed by atoms with E-state index in [-0.39, 0.29) is 11.9 Å². The van der Waals surface area contributed by atoms with E-state index in [1.165, 1.54) is 24.8 Å². The Labute approximate surface area is 85.7 Å². The van der Waals surface area contributed by atoms with E-state index in [0.717, 1.165) is 13.0 Å². The lowest BCUT2D eigenvalue weighted by Crippen LogP contribution is -2.40. The average molecular weight is 196 g/mol. The Balaban J connectivity index is 2.11. The van der Waals surface area contributed by atoms with Gasteiger partial charge in [-0.15, -0.1) is 0 Å². The van der Waals surface area contributed by atoms with Gasteiger partial charge in [0.15, 0.2) is 0 Å². The molecular weight excluding hydrogens is 176 g/mol. The van der Waals surface area contributed by atoms with Gasteiger partial charge in [0.25, 0.3) is 0 Å². The van der Waals surface area contributed by atoms with Crippen LogP contribution in [-0.4, -0.2) is 18.5 Å². The Morgan fingerprint density at radius 3 is 3.07 bits per heavy atom. The third kappa shape index (κ3) is 3.50. The van der Waals surface area contributed by atoms with Crippen molar-refractivity contribution < 1.29 is 4.79 Å². The SMILES string of the molecule is CC[C@@H](N)C(=O)NCCC1=CCCC1. The van der Waals surface area contributed by atoms with Crippen LogP contribution in [0.5, 0.6) is 0 Å². The Morgan fingerprint density at radius 2 is 2.50 bits per heavy atom. The van der Waals surface area contributed by atoms with E-state index in [2.05, 4.69) is 11.4 Å². The van der Waals surface area contributed by atoms with Crippen LogP contribution in [-0.2, 0) is 4.79 Å². The van der Waals surface area contributed by atoms with Gasteiger partial charge < -0.3 is 11.1 Å². The van der Waals surface area contributed by atoms with Gasteiger partial charge in [-0.05, 0) is 32.1 Å². The molecule has 1 amide bonds. The average Bonchev–Trinajstić information content (AvgIpc) is 2.69. The molecule has 3 nitrogen and oxygen atoms in total. The van der Waals surface area contributed by atoms with Crippen molar-refractivity contribution in [3.8, 4) is 0 Å². The number of nitrogens with one attached hydrogen (secondary N) is 1. The molecule has 0 saturated carbocycles. The van der Waals surface area contributed by atoms with E-state index in [4.69, 9.17) is 5.73 Å². The zero-order valence-corrected chi connectivity index (χ0v) is 8.88. The summed E-state index contributed by atoms with van der Waals surface area (Å²) in [5.74, 6) is -0.0221. The summed E-state index contributed by atoms with van der Waals surface area (Å²) in [5, 5.41) is 2.86. The van der Waals surface area contributed by atoms with Crippen LogP contribution in [0.25, 0.3) is 0 Å². The van der Waals surface area contributed by atoms with Crippen LogP contribution in [0.2, 0.25) is 0 Å². The van der Waals surface area contributed by atoms with E-state index in [1.807, 2.05) is 6.92 Å². The largest absolute Gasteiger partial charge is 0.354 e. The third-order valence-corrected chi connectivity index (χ3v) is 2.66. The first kappa shape index (κ1) is 11.2. The summed E-state index contributed by atoms with van der Waals surface area (Å²) in [5.41, 5.74) is 7.07. The standard InChI is InChI=1S/C11H20N2O/c1-2-10(12)11(14)13-8-7-9-5-3-4-6-9/h5,10H,2-4,6-8,12H2,1H3,(H,13,14)/t10-/m1/s1. The van der Waals surface area contributed by atoms with Gasteiger partial charge >= 0.3 is 0 Å². The fourth-order valence-electron chi connectivity index (χ4n) is 1.63. The minimum atomic E-state index is -0.340. The second kappa shape index (κ2) is 5.81. The molecule has 0 spiro atoms. The van der Waals surface area contributed by atoms with Crippen LogP contribution >= 0.6 is 0 Å². The van der Waals surface area contributed by atoms with Crippen molar-refractivity contribution in [2.24, 2.45) is 5.73 Å². The number of hydrogen-bond acceptors (Lipinski definition) is 2. The van der Waals surface area contributed by atoms with Gasteiger partial charge in [0, 0.05) is 6.54 Å². The molecular formula is C11H20N2O. The predicted molar refractivity (Wildman–Crippen MR) is 57.8 cm³/mol. The lowest BCUT2D eigenvalue weighted by atomic mass is 10.1. The molecule has 0 unspecified atom stereocenters. The first-order valence-corrected chi connectivity index (χ1v) is 5.45. The summed E-state index contributed by atoms with van der Waals surface area (Å²) in [4.78, 5) is 11.3. The summed E-state index contributed by atoms with van der Waals surface area (Å²) in [6.45, 7) is 2.65. The van der Waals surface area contributed by atoms with Gasteiger partial charge in [-0.1, -0.05) is 18.6 Å². The first-order valence-electron chi connectivity index (χ1n) is 5.45. The zero-order chi connectivity index (χ0) is 10.4. The first-order chi connectivity index (χ1) is 6.74. The normalized spacial score (nSPS) is 17.7. The Morgan fingerprint density at radius 1 is 1.71 bits per heavy atom. The minimum absolute atomic E-state index is 0.0221. The maximum atomic E-state index is 11.3. The smallest absolute Gasteiger partial charge is 0.236 e. The number of allylic oxidation sites excluding steroid dienone is 1. The molecule has 3 N–H and O–H groups in total. The van der Waals surface area contributed by atoms with Gasteiger partial charge in [0.1, 0.15) is 0 Å². The van der Waals surface area contributed by atoms with Crippen molar-refractivity contribution >= 4 is 5.91 Å². The molecule has 14 heavy (non-hydrogen) atoms. The van der Waals surface area contributed by atoms with Crippen LogP contribution in [0, 0.1) is 0 Å². The maximum Gasteiger partial charge on any atom is 0.236 e. The van der Waals surface area contributed by atoms with E-state index in [9.17, 15) is 4.79 Å². The number of amides is 1. The van der Waals surface area contributed by atoms with Gasteiger partial charge in [-0.3, -0.25) is 4.79 Å². The van der Waals surface area contributed by atoms with Crippen molar-refractivity contribution in [3.05, 3.63) is 11.6 Å². The Kier molecular flexibility index (Phi) is 4.66. The topological polar surface area (TPSA) is 55.1 Å². The maximum absolute atomic E-state index is 11.3. The Hall–Kier alpha value is -0.830. The molecule has 0 heterocycles. The number of hydrogen-bond donors (Lipinski definition) is 2.